The number of hydrogen-bond acceptors (Lipinski definition) is 4. The molecule has 0 aromatic heterocycles. The minimum absolute atomic E-state index is 0.182. The average Bonchev–Trinajstić information content (AvgIpc) is 3.18. The van der Waals surface area contributed by atoms with Crippen molar-refractivity contribution in [3.8, 4) is 0 Å². The van der Waals surface area contributed by atoms with Gasteiger partial charge in [-0.1, -0.05) is 24.3 Å². The number of sulfonamides is 1. The summed E-state index contributed by atoms with van der Waals surface area (Å²) >= 11 is 0. The van der Waals surface area contributed by atoms with Crippen LogP contribution in [0.4, 0.5) is 5.69 Å². The number of amides is 1. The molecule has 6 nitrogen and oxygen atoms in total. The van der Waals surface area contributed by atoms with Crippen LogP contribution in [0, 0.1) is 5.92 Å². The molecule has 7 heteroatoms. The van der Waals surface area contributed by atoms with Gasteiger partial charge in [0.05, 0.1) is 10.6 Å². The maximum atomic E-state index is 12.8. The van der Waals surface area contributed by atoms with E-state index in [0.29, 0.717) is 23.5 Å². The van der Waals surface area contributed by atoms with Crippen LogP contribution in [0.3, 0.4) is 0 Å². The fourth-order valence-electron chi connectivity index (χ4n) is 3.69. The normalized spacial score (nSPS) is 21.0. The number of rotatable bonds is 5. The summed E-state index contributed by atoms with van der Waals surface area (Å²) in [6.07, 6.45) is 2.05. The summed E-state index contributed by atoms with van der Waals surface area (Å²) in [5.74, 6) is 0.327. The standard InChI is InChI=1S/C18H21N3O3S/c22-17(20-10-8-13-7-9-19-11-13)12-21-15-5-1-3-14-4-2-6-16(18(14)15)25(21,23)24/h1-6,13,19H,7-12H2,(H,20,22). The fraction of sp³-hybridized carbons (Fsp3) is 0.389. The third-order valence-electron chi connectivity index (χ3n) is 5.01. The zero-order chi connectivity index (χ0) is 17.4. The summed E-state index contributed by atoms with van der Waals surface area (Å²) in [4.78, 5) is 12.6. The predicted molar refractivity (Wildman–Crippen MR) is 97.1 cm³/mol. The van der Waals surface area contributed by atoms with Crippen molar-refractivity contribution in [3.63, 3.8) is 0 Å². The number of anilines is 1. The molecule has 0 saturated carbocycles. The molecule has 1 unspecified atom stereocenters. The van der Waals surface area contributed by atoms with Crippen LogP contribution in [0.15, 0.2) is 41.3 Å². The minimum atomic E-state index is -3.67. The Morgan fingerprint density at radius 1 is 1.24 bits per heavy atom. The van der Waals surface area contributed by atoms with Crippen LogP contribution in [-0.2, 0) is 14.8 Å². The van der Waals surface area contributed by atoms with Gasteiger partial charge in [0.2, 0.25) is 5.91 Å². The topological polar surface area (TPSA) is 78.5 Å². The van der Waals surface area contributed by atoms with Gasteiger partial charge in [0, 0.05) is 11.9 Å². The van der Waals surface area contributed by atoms with Gasteiger partial charge in [-0.05, 0) is 49.4 Å². The molecule has 25 heavy (non-hydrogen) atoms. The molecule has 1 saturated heterocycles. The summed E-state index contributed by atoms with van der Waals surface area (Å²) in [5.41, 5.74) is 0.586. The second-order valence-electron chi connectivity index (χ2n) is 6.64. The number of carbonyl (C=O) groups is 1. The van der Waals surface area contributed by atoms with Crippen molar-refractivity contribution in [1.82, 2.24) is 10.6 Å². The molecule has 2 aliphatic heterocycles. The highest BCUT2D eigenvalue weighted by Gasteiger charge is 2.36. The van der Waals surface area contributed by atoms with Gasteiger partial charge >= 0.3 is 0 Å². The lowest BCUT2D eigenvalue weighted by Crippen LogP contribution is -2.39. The smallest absolute Gasteiger partial charge is 0.265 e. The molecule has 0 aliphatic carbocycles. The molecule has 132 valence electrons. The lowest BCUT2D eigenvalue weighted by Gasteiger charge is -2.18. The Morgan fingerprint density at radius 3 is 2.80 bits per heavy atom. The van der Waals surface area contributed by atoms with Gasteiger partial charge in [0.1, 0.15) is 6.54 Å². The summed E-state index contributed by atoms with van der Waals surface area (Å²) in [6, 6.07) is 10.7. The highest BCUT2D eigenvalue weighted by atomic mass is 32.2. The molecule has 2 aromatic rings. The van der Waals surface area contributed by atoms with E-state index in [9.17, 15) is 13.2 Å². The SMILES string of the molecule is O=C(CN1c2cccc3cccc(c23)S1(=O)=O)NCCC1CCNC1. The number of nitrogens with zero attached hydrogens (tertiary/aromatic N) is 1. The van der Waals surface area contributed by atoms with Gasteiger partial charge in [0.25, 0.3) is 10.0 Å². The van der Waals surface area contributed by atoms with E-state index >= 15 is 0 Å². The molecular formula is C18H21N3O3S. The Labute approximate surface area is 147 Å². The molecule has 1 amide bonds. The van der Waals surface area contributed by atoms with Crippen molar-refractivity contribution >= 4 is 32.4 Å². The second-order valence-corrected chi connectivity index (χ2v) is 8.47. The largest absolute Gasteiger partial charge is 0.355 e. The van der Waals surface area contributed by atoms with E-state index in [2.05, 4.69) is 10.6 Å². The lowest BCUT2D eigenvalue weighted by molar-refractivity contribution is -0.119. The monoisotopic (exact) mass is 359 g/mol. The van der Waals surface area contributed by atoms with E-state index in [1.54, 1.807) is 18.2 Å². The summed E-state index contributed by atoms with van der Waals surface area (Å²) in [7, 11) is -3.67. The molecule has 2 aromatic carbocycles. The Hall–Kier alpha value is -2.12. The first-order chi connectivity index (χ1) is 12.1. The fourth-order valence-corrected chi connectivity index (χ4v) is 5.36. The Kier molecular flexibility index (Phi) is 4.13. The number of nitrogens with one attached hydrogen (secondary N) is 2. The van der Waals surface area contributed by atoms with Gasteiger partial charge < -0.3 is 10.6 Å². The van der Waals surface area contributed by atoms with Gasteiger partial charge in [-0.15, -0.1) is 0 Å². The zero-order valence-corrected chi connectivity index (χ0v) is 14.7. The highest BCUT2D eigenvalue weighted by molar-refractivity contribution is 7.93. The third-order valence-corrected chi connectivity index (χ3v) is 6.81. The minimum Gasteiger partial charge on any atom is -0.355 e. The summed E-state index contributed by atoms with van der Waals surface area (Å²) in [6.45, 7) is 2.43. The molecule has 2 N–H and O–H groups in total. The summed E-state index contributed by atoms with van der Waals surface area (Å²) < 4.78 is 26.9. The Morgan fingerprint density at radius 2 is 2.04 bits per heavy atom. The van der Waals surface area contributed by atoms with Crippen molar-refractivity contribution in [2.24, 2.45) is 5.92 Å². The van der Waals surface area contributed by atoms with E-state index < -0.39 is 10.0 Å². The average molecular weight is 359 g/mol. The number of carbonyl (C=O) groups excluding carboxylic acids is 1. The first-order valence-corrected chi connectivity index (χ1v) is 10.0. The number of benzene rings is 2. The van der Waals surface area contributed by atoms with Crippen molar-refractivity contribution in [2.45, 2.75) is 17.7 Å². The van der Waals surface area contributed by atoms with E-state index in [-0.39, 0.29) is 17.3 Å². The molecular weight excluding hydrogens is 338 g/mol. The van der Waals surface area contributed by atoms with Crippen molar-refractivity contribution in [3.05, 3.63) is 36.4 Å². The number of hydrogen-bond donors (Lipinski definition) is 2. The predicted octanol–water partition coefficient (Wildman–Crippen LogP) is 1.46. The zero-order valence-electron chi connectivity index (χ0n) is 13.9. The molecule has 0 bridgehead atoms. The molecule has 2 heterocycles. The third kappa shape index (κ3) is 2.87. The van der Waals surface area contributed by atoms with Crippen molar-refractivity contribution in [1.29, 1.82) is 0 Å². The second kappa shape index (κ2) is 6.31. The molecule has 1 fully saturated rings. The van der Waals surface area contributed by atoms with Crippen LogP contribution in [0.5, 0.6) is 0 Å². The van der Waals surface area contributed by atoms with Crippen molar-refractivity contribution < 1.29 is 13.2 Å². The molecule has 2 aliphatic rings. The first-order valence-electron chi connectivity index (χ1n) is 8.59. The quantitative estimate of drug-likeness (QED) is 0.847. The van der Waals surface area contributed by atoms with Gasteiger partial charge in [-0.25, -0.2) is 8.42 Å². The van der Waals surface area contributed by atoms with Crippen LogP contribution in [0.2, 0.25) is 0 Å². The van der Waals surface area contributed by atoms with E-state index in [1.165, 1.54) is 4.31 Å². The van der Waals surface area contributed by atoms with Crippen molar-refractivity contribution in [2.75, 3.05) is 30.5 Å². The van der Waals surface area contributed by atoms with Gasteiger partial charge in [-0.2, -0.15) is 0 Å². The first kappa shape index (κ1) is 16.4. The van der Waals surface area contributed by atoms with E-state index in [0.717, 1.165) is 31.3 Å². The summed E-state index contributed by atoms with van der Waals surface area (Å²) in [5, 5.41) is 7.74. The molecule has 0 spiro atoms. The van der Waals surface area contributed by atoms with Crippen LogP contribution >= 0.6 is 0 Å². The maximum absolute atomic E-state index is 12.8. The maximum Gasteiger partial charge on any atom is 0.265 e. The van der Waals surface area contributed by atoms with Crippen LogP contribution < -0.4 is 14.9 Å². The lowest BCUT2D eigenvalue weighted by atomic mass is 10.1. The molecule has 0 radical (unpaired) electrons. The van der Waals surface area contributed by atoms with E-state index in [1.807, 2.05) is 18.2 Å². The van der Waals surface area contributed by atoms with E-state index in [4.69, 9.17) is 0 Å². The van der Waals surface area contributed by atoms with Crippen LogP contribution in [0.1, 0.15) is 12.8 Å². The molecule has 1 atom stereocenters. The Bertz CT molecular complexity index is 915. The molecule has 4 rings (SSSR count). The van der Waals surface area contributed by atoms with Crippen LogP contribution in [-0.4, -0.2) is 40.5 Å². The highest BCUT2D eigenvalue weighted by Crippen LogP contribution is 2.41. The van der Waals surface area contributed by atoms with Gasteiger partial charge in [0.15, 0.2) is 0 Å². The Balaban J connectivity index is 1.49. The van der Waals surface area contributed by atoms with Crippen LogP contribution in [0.25, 0.3) is 10.8 Å². The van der Waals surface area contributed by atoms with Gasteiger partial charge in [-0.3, -0.25) is 9.10 Å².